The van der Waals surface area contributed by atoms with E-state index in [4.69, 9.17) is 14.2 Å². The molecule has 54 heavy (non-hydrogen) atoms. The highest BCUT2D eigenvalue weighted by molar-refractivity contribution is 5.71. The minimum absolute atomic E-state index is 0.0278. The van der Waals surface area contributed by atoms with Gasteiger partial charge in [-0.3, -0.25) is 9.59 Å². The number of esters is 2. The van der Waals surface area contributed by atoms with E-state index in [9.17, 15) is 9.59 Å². The Morgan fingerprint density at radius 1 is 0.444 bits per heavy atom. The van der Waals surface area contributed by atoms with Crippen molar-refractivity contribution in [3.63, 3.8) is 0 Å². The molecule has 0 aromatic rings. The van der Waals surface area contributed by atoms with Crippen LogP contribution in [0, 0.1) is 0 Å². The maximum Gasteiger partial charge on any atom is 0.309 e. The van der Waals surface area contributed by atoms with Gasteiger partial charge in [0.1, 0.15) is 6.61 Å². The second kappa shape index (κ2) is 44.7. The molecule has 1 unspecified atom stereocenters. The van der Waals surface area contributed by atoms with Crippen LogP contribution in [0.25, 0.3) is 0 Å². The van der Waals surface area contributed by atoms with E-state index in [1.807, 2.05) is 12.2 Å². The van der Waals surface area contributed by atoms with Crippen molar-refractivity contribution in [1.82, 2.24) is 0 Å². The van der Waals surface area contributed by atoms with Crippen LogP contribution in [0.5, 0.6) is 0 Å². The van der Waals surface area contributed by atoms with E-state index >= 15 is 0 Å². The molecule has 0 amide bonds. The number of unbranched alkanes of at least 4 members (excludes halogenated alkanes) is 18. The highest BCUT2D eigenvalue weighted by atomic mass is 16.6. The zero-order valence-electron chi connectivity index (χ0n) is 35.5. The average molecular weight is 753 g/mol. The Kier molecular flexibility index (Phi) is 42.5. The fourth-order valence-electron chi connectivity index (χ4n) is 5.93. The van der Waals surface area contributed by atoms with E-state index in [0.29, 0.717) is 13.0 Å². The van der Waals surface area contributed by atoms with Crippen LogP contribution >= 0.6 is 0 Å². The number of hydrogen-bond acceptors (Lipinski definition) is 5. The molecule has 310 valence electrons. The van der Waals surface area contributed by atoms with E-state index in [1.165, 1.54) is 103 Å². The third kappa shape index (κ3) is 42.1. The maximum absolute atomic E-state index is 12.5. The van der Waals surface area contributed by atoms with Gasteiger partial charge in [0.15, 0.2) is 6.10 Å². The maximum atomic E-state index is 12.5. The lowest BCUT2D eigenvalue weighted by atomic mass is 10.1. The molecule has 0 aliphatic heterocycles. The fourth-order valence-corrected chi connectivity index (χ4v) is 5.93. The quantitative estimate of drug-likeness (QED) is 0.0354. The monoisotopic (exact) mass is 753 g/mol. The van der Waals surface area contributed by atoms with Crippen LogP contribution in [-0.2, 0) is 23.8 Å². The summed E-state index contributed by atoms with van der Waals surface area (Å²) in [5, 5.41) is 0. The van der Waals surface area contributed by atoms with Gasteiger partial charge in [-0.15, -0.1) is 0 Å². The zero-order valence-corrected chi connectivity index (χ0v) is 35.5. The van der Waals surface area contributed by atoms with Crippen LogP contribution in [0.2, 0.25) is 0 Å². The predicted octanol–water partition coefficient (Wildman–Crippen LogP) is 14.8. The van der Waals surface area contributed by atoms with Crippen molar-refractivity contribution in [2.75, 3.05) is 19.8 Å². The third-order valence-electron chi connectivity index (χ3n) is 9.26. The number of hydrogen-bond donors (Lipinski definition) is 0. The van der Waals surface area contributed by atoms with Crippen LogP contribution in [-0.4, -0.2) is 37.9 Å². The number of carbonyl (C=O) groups excluding carboxylic acids is 2. The lowest BCUT2D eigenvalue weighted by molar-refractivity contribution is -0.162. The highest BCUT2D eigenvalue weighted by Crippen LogP contribution is 2.12. The van der Waals surface area contributed by atoms with Crippen LogP contribution < -0.4 is 0 Å². The summed E-state index contributed by atoms with van der Waals surface area (Å²) in [7, 11) is 0. The van der Waals surface area contributed by atoms with Crippen molar-refractivity contribution in [2.24, 2.45) is 0 Å². The Bertz CT molecular complexity index is 988. The number of carbonyl (C=O) groups is 2. The summed E-state index contributed by atoms with van der Waals surface area (Å²) >= 11 is 0. The molecule has 0 N–H and O–H groups in total. The highest BCUT2D eigenvalue weighted by Gasteiger charge is 2.17. The van der Waals surface area contributed by atoms with E-state index in [0.717, 1.165) is 64.2 Å². The van der Waals surface area contributed by atoms with Crippen molar-refractivity contribution in [3.05, 3.63) is 72.9 Å². The lowest BCUT2D eigenvalue weighted by Gasteiger charge is -2.18. The first-order valence-corrected chi connectivity index (χ1v) is 22.5. The van der Waals surface area contributed by atoms with Gasteiger partial charge < -0.3 is 14.2 Å². The second-order valence-electron chi connectivity index (χ2n) is 14.6. The largest absolute Gasteiger partial charge is 0.461 e. The van der Waals surface area contributed by atoms with Gasteiger partial charge in [0.2, 0.25) is 0 Å². The van der Waals surface area contributed by atoms with Crippen LogP contribution in [0.3, 0.4) is 0 Å². The molecule has 5 nitrogen and oxygen atoms in total. The molecule has 0 radical (unpaired) electrons. The third-order valence-corrected chi connectivity index (χ3v) is 9.26. The topological polar surface area (TPSA) is 61.8 Å². The smallest absolute Gasteiger partial charge is 0.309 e. The predicted molar refractivity (Wildman–Crippen MR) is 233 cm³/mol. The normalized spacial score (nSPS) is 12.9. The summed E-state index contributed by atoms with van der Waals surface area (Å²) in [4.78, 5) is 24.9. The lowest BCUT2D eigenvalue weighted by Crippen LogP contribution is -2.30. The Morgan fingerprint density at radius 3 is 1.41 bits per heavy atom. The van der Waals surface area contributed by atoms with Crippen LogP contribution in [0.15, 0.2) is 72.9 Å². The Morgan fingerprint density at radius 2 is 0.889 bits per heavy atom. The molecule has 1 atom stereocenters. The first-order valence-electron chi connectivity index (χ1n) is 22.5. The summed E-state index contributed by atoms with van der Waals surface area (Å²) in [6.45, 7) is 7.51. The summed E-state index contributed by atoms with van der Waals surface area (Å²) in [5.41, 5.74) is 0. The van der Waals surface area contributed by atoms with Gasteiger partial charge in [-0.25, -0.2) is 0 Å². The first kappa shape index (κ1) is 51.3. The molecule has 0 saturated carbocycles. The van der Waals surface area contributed by atoms with Crippen molar-refractivity contribution in [2.45, 2.75) is 207 Å². The zero-order chi connectivity index (χ0) is 39.3. The molecule has 0 aromatic carbocycles. The second-order valence-corrected chi connectivity index (χ2v) is 14.6. The van der Waals surface area contributed by atoms with Crippen molar-refractivity contribution in [1.29, 1.82) is 0 Å². The molecular formula is C49H84O5. The summed E-state index contributed by atoms with van der Waals surface area (Å²) in [6.07, 6.45) is 56.7. The molecular weight excluding hydrogens is 669 g/mol. The number of allylic oxidation sites excluding steroid dienone is 11. The minimum atomic E-state index is -0.573. The van der Waals surface area contributed by atoms with E-state index in [1.54, 1.807) is 0 Å². The standard InChI is InChI=1S/C49H84O5/c1-4-7-10-13-15-17-19-21-23-24-25-27-29-31-33-35-38-41-44-52-45-47(54-49(51)43-40-36-12-9-6-3)46-53-48(50)42-39-37-34-32-30-28-26-22-20-18-16-14-11-8-5-2/h8,11,16,18,21-23,26,30,32,37,39,47H,4-7,9-10,12-15,17,19-20,24-25,27-29,31,33-36,38,40-46H2,1-3H3/b11-8-,18-16-,23-21-,26-22-,32-30-,39-37-. The summed E-state index contributed by atoms with van der Waals surface area (Å²) in [6, 6.07) is 0. The molecule has 0 bridgehead atoms. The van der Waals surface area contributed by atoms with E-state index < -0.39 is 6.10 Å². The average Bonchev–Trinajstić information content (AvgIpc) is 3.17. The van der Waals surface area contributed by atoms with Crippen molar-refractivity contribution < 1.29 is 23.8 Å². The fraction of sp³-hybridized carbons (Fsp3) is 0.714. The van der Waals surface area contributed by atoms with Gasteiger partial charge in [0, 0.05) is 13.0 Å². The minimum Gasteiger partial charge on any atom is -0.461 e. The molecule has 0 rings (SSSR count). The molecule has 0 fully saturated rings. The number of rotatable bonds is 40. The molecule has 0 saturated heterocycles. The van der Waals surface area contributed by atoms with Gasteiger partial charge in [0.25, 0.3) is 0 Å². The van der Waals surface area contributed by atoms with Gasteiger partial charge in [-0.1, -0.05) is 190 Å². The van der Waals surface area contributed by atoms with Gasteiger partial charge in [0.05, 0.1) is 13.0 Å². The Balaban J connectivity index is 4.17. The van der Waals surface area contributed by atoms with Crippen LogP contribution in [0.1, 0.15) is 201 Å². The molecule has 0 spiro atoms. The van der Waals surface area contributed by atoms with Crippen LogP contribution in [0.4, 0.5) is 0 Å². The number of ether oxygens (including phenoxy) is 3. The van der Waals surface area contributed by atoms with Crippen molar-refractivity contribution >= 4 is 11.9 Å². The van der Waals surface area contributed by atoms with Crippen molar-refractivity contribution in [3.8, 4) is 0 Å². The molecule has 0 aromatic heterocycles. The Hall–Kier alpha value is -2.66. The molecule has 0 aliphatic carbocycles. The summed E-state index contributed by atoms with van der Waals surface area (Å²) in [5.74, 6) is -0.560. The molecule has 5 heteroatoms. The van der Waals surface area contributed by atoms with E-state index in [-0.39, 0.29) is 31.6 Å². The molecule has 0 heterocycles. The van der Waals surface area contributed by atoms with E-state index in [2.05, 4.69) is 81.5 Å². The first-order chi connectivity index (χ1) is 26.6. The van der Waals surface area contributed by atoms with Gasteiger partial charge >= 0.3 is 11.9 Å². The SMILES string of the molecule is CC/C=C\C/C=C\C/C=C\C/C=C\C/C=C\CC(=O)OCC(COCCCCCCCCCC/C=C\CCCCCCCC)OC(=O)CCCCCCC. The summed E-state index contributed by atoms with van der Waals surface area (Å²) < 4.78 is 17.1. The Labute approximate surface area is 334 Å². The van der Waals surface area contributed by atoms with Gasteiger partial charge in [-0.05, 0) is 70.6 Å². The molecule has 0 aliphatic rings. The van der Waals surface area contributed by atoms with Gasteiger partial charge in [-0.2, -0.15) is 0 Å².